The van der Waals surface area contributed by atoms with E-state index in [2.05, 4.69) is 4.98 Å². The number of hydrogen-bond acceptors (Lipinski definition) is 3. The van der Waals surface area contributed by atoms with E-state index in [1.165, 1.54) is 11.8 Å². The molecule has 0 spiro atoms. The maximum atomic E-state index is 12.5. The van der Waals surface area contributed by atoms with E-state index >= 15 is 0 Å². The van der Waals surface area contributed by atoms with Crippen molar-refractivity contribution in [3.63, 3.8) is 0 Å². The van der Waals surface area contributed by atoms with Gasteiger partial charge in [-0.1, -0.05) is 13.3 Å². The highest BCUT2D eigenvalue weighted by Gasteiger charge is 2.36. The molecule has 18 heavy (non-hydrogen) atoms. The molecule has 1 heterocycles. The molecule has 0 aliphatic rings. The Morgan fingerprint density at radius 1 is 1.44 bits per heavy atom. The number of amides is 1. The summed E-state index contributed by atoms with van der Waals surface area (Å²) in [4.78, 5) is 16.9. The Labute approximate surface area is 108 Å². The van der Waals surface area contributed by atoms with Crippen molar-refractivity contribution < 1.29 is 18.0 Å². The van der Waals surface area contributed by atoms with Crippen LogP contribution in [0.4, 0.5) is 13.2 Å². The monoisotopic (exact) mass is 280 g/mol. The number of halogens is 3. The summed E-state index contributed by atoms with van der Waals surface area (Å²) >= 11 is 0.409. The van der Waals surface area contributed by atoms with Crippen molar-refractivity contribution in [2.75, 3.05) is 13.6 Å². The predicted molar refractivity (Wildman–Crippen MR) is 63.7 cm³/mol. The van der Waals surface area contributed by atoms with Gasteiger partial charge in [-0.25, -0.2) is 4.98 Å². The van der Waals surface area contributed by atoms with Crippen LogP contribution in [0, 0.1) is 6.92 Å². The molecule has 0 atom stereocenters. The predicted octanol–water partition coefficient (Wildman–Crippen LogP) is 3.34. The topological polar surface area (TPSA) is 33.2 Å². The molecule has 0 saturated heterocycles. The van der Waals surface area contributed by atoms with Crippen LogP contribution in [0.1, 0.15) is 40.1 Å². The summed E-state index contributed by atoms with van der Waals surface area (Å²) in [6, 6.07) is 0. The summed E-state index contributed by atoms with van der Waals surface area (Å²) in [5.41, 5.74) is 0.140. The first-order chi connectivity index (χ1) is 8.27. The highest BCUT2D eigenvalue weighted by Crippen LogP contribution is 2.34. The lowest BCUT2D eigenvalue weighted by Crippen LogP contribution is -2.27. The van der Waals surface area contributed by atoms with Crippen LogP contribution >= 0.6 is 11.3 Å². The highest BCUT2D eigenvalue weighted by molar-refractivity contribution is 7.13. The molecule has 102 valence electrons. The summed E-state index contributed by atoms with van der Waals surface area (Å²) in [5.74, 6) is -0.394. The second-order valence-corrected chi connectivity index (χ2v) is 5.01. The normalized spacial score (nSPS) is 11.7. The molecular formula is C11H15F3N2OS. The SMILES string of the molecule is CCCCN(C)C(=O)c1sc(C(F)(F)F)nc1C. The molecule has 0 saturated carbocycles. The largest absolute Gasteiger partial charge is 0.443 e. The molecule has 0 aliphatic carbocycles. The molecule has 1 aromatic heterocycles. The molecule has 0 radical (unpaired) electrons. The number of aryl methyl sites for hydroxylation is 1. The third kappa shape index (κ3) is 3.44. The molecule has 0 aliphatic heterocycles. The second kappa shape index (κ2) is 5.69. The third-order valence-corrected chi connectivity index (χ3v) is 3.62. The average Bonchev–Trinajstić information content (AvgIpc) is 2.66. The third-order valence-electron chi connectivity index (χ3n) is 2.43. The number of thiazole rings is 1. The molecule has 1 amide bonds. The van der Waals surface area contributed by atoms with E-state index in [1.807, 2.05) is 6.92 Å². The van der Waals surface area contributed by atoms with E-state index in [-0.39, 0.29) is 10.6 Å². The number of nitrogens with zero attached hydrogens (tertiary/aromatic N) is 2. The molecule has 1 aromatic rings. The molecule has 1 rings (SSSR count). The van der Waals surface area contributed by atoms with Crippen LogP contribution in [0.3, 0.4) is 0 Å². The van der Waals surface area contributed by atoms with E-state index in [9.17, 15) is 18.0 Å². The Morgan fingerprint density at radius 3 is 2.50 bits per heavy atom. The average molecular weight is 280 g/mol. The second-order valence-electron chi connectivity index (χ2n) is 4.01. The van der Waals surface area contributed by atoms with Gasteiger partial charge in [0.2, 0.25) is 0 Å². The van der Waals surface area contributed by atoms with Crippen LogP contribution in [-0.4, -0.2) is 29.4 Å². The van der Waals surface area contributed by atoms with E-state index in [0.717, 1.165) is 12.8 Å². The van der Waals surface area contributed by atoms with Crippen molar-refractivity contribution in [2.24, 2.45) is 0 Å². The lowest BCUT2D eigenvalue weighted by atomic mass is 10.3. The molecule has 0 N–H and O–H groups in total. The summed E-state index contributed by atoms with van der Waals surface area (Å²) in [6.07, 6.45) is -2.74. The summed E-state index contributed by atoms with van der Waals surface area (Å²) in [5, 5.41) is -0.966. The van der Waals surface area contributed by atoms with Crippen molar-refractivity contribution in [1.29, 1.82) is 0 Å². The van der Waals surface area contributed by atoms with Gasteiger partial charge in [0.25, 0.3) is 5.91 Å². The number of aromatic nitrogens is 1. The van der Waals surface area contributed by atoms with Gasteiger partial charge >= 0.3 is 6.18 Å². The minimum absolute atomic E-state index is 0.0703. The molecule has 0 fully saturated rings. The smallest absolute Gasteiger partial charge is 0.341 e. The Hall–Kier alpha value is -1.11. The maximum absolute atomic E-state index is 12.5. The van der Waals surface area contributed by atoms with Gasteiger partial charge in [-0.3, -0.25) is 4.79 Å². The summed E-state index contributed by atoms with van der Waals surface area (Å²) in [7, 11) is 1.59. The zero-order valence-corrected chi connectivity index (χ0v) is 11.3. The first-order valence-corrected chi connectivity index (χ1v) is 6.39. The van der Waals surface area contributed by atoms with Crippen molar-refractivity contribution in [3.8, 4) is 0 Å². The Kier molecular flexibility index (Phi) is 4.72. The molecule has 3 nitrogen and oxygen atoms in total. The first kappa shape index (κ1) is 14.9. The summed E-state index contributed by atoms with van der Waals surface area (Å²) < 4.78 is 37.4. The van der Waals surface area contributed by atoms with Crippen LogP contribution in [0.25, 0.3) is 0 Å². The molecule has 0 bridgehead atoms. The Morgan fingerprint density at radius 2 is 2.06 bits per heavy atom. The first-order valence-electron chi connectivity index (χ1n) is 5.57. The number of carbonyl (C=O) groups excluding carboxylic acids is 1. The molecule has 7 heteroatoms. The van der Waals surface area contributed by atoms with Crippen LogP contribution in [0.15, 0.2) is 0 Å². The van der Waals surface area contributed by atoms with Crippen molar-refractivity contribution in [1.82, 2.24) is 9.88 Å². The molecule has 0 unspecified atom stereocenters. The van der Waals surface area contributed by atoms with Crippen LogP contribution in [0.5, 0.6) is 0 Å². The van der Waals surface area contributed by atoms with Gasteiger partial charge in [0.05, 0.1) is 5.69 Å². The minimum atomic E-state index is -4.49. The quantitative estimate of drug-likeness (QED) is 0.847. The van der Waals surface area contributed by atoms with Gasteiger partial charge in [0.15, 0.2) is 5.01 Å². The van der Waals surface area contributed by atoms with Crippen LogP contribution in [0.2, 0.25) is 0 Å². The zero-order valence-electron chi connectivity index (χ0n) is 10.5. The van der Waals surface area contributed by atoms with Gasteiger partial charge in [0, 0.05) is 13.6 Å². The zero-order chi connectivity index (χ0) is 13.9. The van der Waals surface area contributed by atoms with Crippen molar-refractivity contribution >= 4 is 17.2 Å². The fourth-order valence-corrected chi connectivity index (χ4v) is 2.31. The van der Waals surface area contributed by atoms with Gasteiger partial charge < -0.3 is 4.90 Å². The number of rotatable bonds is 4. The molecular weight excluding hydrogens is 265 g/mol. The fourth-order valence-electron chi connectivity index (χ4n) is 1.39. The van der Waals surface area contributed by atoms with Gasteiger partial charge in [-0.05, 0) is 13.3 Å². The number of carbonyl (C=O) groups is 1. The maximum Gasteiger partial charge on any atom is 0.443 e. The van der Waals surface area contributed by atoms with Gasteiger partial charge in [-0.2, -0.15) is 13.2 Å². The fraction of sp³-hybridized carbons (Fsp3) is 0.636. The van der Waals surface area contributed by atoms with Crippen LogP contribution in [-0.2, 0) is 6.18 Å². The number of unbranched alkanes of at least 4 members (excludes halogenated alkanes) is 1. The van der Waals surface area contributed by atoms with Crippen molar-refractivity contribution in [3.05, 3.63) is 15.6 Å². The summed E-state index contributed by atoms with van der Waals surface area (Å²) in [6.45, 7) is 3.94. The van der Waals surface area contributed by atoms with Crippen LogP contribution < -0.4 is 0 Å². The van der Waals surface area contributed by atoms with Gasteiger partial charge in [0.1, 0.15) is 4.88 Å². The van der Waals surface area contributed by atoms with E-state index in [4.69, 9.17) is 0 Å². The number of alkyl halides is 3. The lowest BCUT2D eigenvalue weighted by molar-refractivity contribution is -0.137. The lowest BCUT2D eigenvalue weighted by Gasteiger charge is -2.15. The minimum Gasteiger partial charge on any atom is -0.341 e. The van der Waals surface area contributed by atoms with Crippen molar-refractivity contribution in [2.45, 2.75) is 32.9 Å². The van der Waals surface area contributed by atoms with E-state index in [1.54, 1.807) is 7.05 Å². The van der Waals surface area contributed by atoms with E-state index in [0.29, 0.717) is 17.9 Å². The van der Waals surface area contributed by atoms with E-state index < -0.39 is 17.1 Å². The molecule has 0 aromatic carbocycles. The van der Waals surface area contributed by atoms with Gasteiger partial charge in [-0.15, -0.1) is 11.3 Å². The standard InChI is InChI=1S/C11H15F3N2OS/c1-4-5-6-16(3)9(17)8-7(2)15-10(18-8)11(12,13)14/h4-6H2,1-3H3. The Balaban J connectivity index is 2.90. The Bertz CT molecular complexity index is 428. The highest BCUT2D eigenvalue weighted by atomic mass is 32.1. The number of hydrogen-bond donors (Lipinski definition) is 0.